The predicted molar refractivity (Wildman–Crippen MR) is 88.8 cm³/mol. The number of alkyl halides is 1. The minimum atomic E-state index is -0.0530. The molecule has 1 unspecified atom stereocenters. The minimum Gasteiger partial charge on any atom is -0.494 e. The number of ether oxygens (including phenoxy) is 1. The van der Waals surface area contributed by atoms with Crippen molar-refractivity contribution < 1.29 is 4.74 Å². The fourth-order valence-corrected chi connectivity index (χ4v) is 3.19. The molecule has 0 fully saturated rings. The van der Waals surface area contributed by atoms with Crippen LogP contribution in [0, 0.1) is 6.92 Å². The van der Waals surface area contributed by atoms with Gasteiger partial charge in [0.25, 0.3) is 0 Å². The molecule has 2 aromatic rings. The molecule has 20 heavy (non-hydrogen) atoms. The maximum Gasteiger partial charge on any atom is 0.120 e. The van der Waals surface area contributed by atoms with E-state index >= 15 is 0 Å². The summed E-state index contributed by atoms with van der Waals surface area (Å²) in [6.45, 7) is 4.73. The van der Waals surface area contributed by atoms with Gasteiger partial charge in [-0.1, -0.05) is 51.8 Å². The molecule has 0 aliphatic carbocycles. The van der Waals surface area contributed by atoms with E-state index in [-0.39, 0.29) is 5.38 Å². The third kappa shape index (κ3) is 4.00. The molecular weight excluding hydrogens is 336 g/mol. The second-order valence-electron chi connectivity index (χ2n) is 4.77. The maximum absolute atomic E-state index is 6.54. The quantitative estimate of drug-likeness (QED) is 0.628. The molecule has 0 N–H and O–H groups in total. The average molecular weight is 354 g/mol. The van der Waals surface area contributed by atoms with Gasteiger partial charge < -0.3 is 4.74 Å². The molecule has 0 bridgehead atoms. The van der Waals surface area contributed by atoms with Crippen molar-refractivity contribution in [3.63, 3.8) is 0 Å². The lowest BCUT2D eigenvalue weighted by Gasteiger charge is -2.13. The molecule has 0 saturated carbocycles. The highest BCUT2D eigenvalue weighted by atomic mass is 79.9. The van der Waals surface area contributed by atoms with Gasteiger partial charge in [0, 0.05) is 4.47 Å². The molecule has 0 aliphatic rings. The van der Waals surface area contributed by atoms with Crippen LogP contribution in [-0.2, 0) is 6.42 Å². The van der Waals surface area contributed by atoms with E-state index in [0.29, 0.717) is 6.61 Å². The van der Waals surface area contributed by atoms with Crippen LogP contribution in [0.15, 0.2) is 46.9 Å². The van der Waals surface area contributed by atoms with Gasteiger partial charge >= 0.3 is 0 Å². The van der Waals surface area contributed by atoms with Crippen LogP contribution < -0.4 is 4.74 Å². The molecule has 106 valence electrons. The third-order valence-electron chi connectivity index (χ3n) is 3.16. The van der Waals surface area contributed by atoms with E-state index in [1.165, 1.54) is 11.1 Å². The molecule has 2 rings (SSSR count). The van der Waals surface area contributed by atoms with Crippen molar-refractivity contribution in [2.45, 2.75) is 25.6 Å². The highest BCUT2D eigenvalue weighted by Gasteiger charge is 2.13. The van der Waals surface area contributed by atoms with Crippen LogP contribution in [0.25, 0.3) is 0 Å². The smallest absolute Gasteiger partial charge is 0.120 e. The fraction of sp³-hybridized carbons (Fsp3) is 0.294. The van der Waals surface area contributed by atoms with Crippen molar-refractivity contribution in [3.05, 3.63) is 63.6 Å². The summed E-state index contributed by atoms with van der Waals surface area (Å²) < 4.78 is 6.48. The van der Waals surface area contributed by atoms with E-state index in [1.807, 2.05) is 25.1 Å². The van der Waals surface area contributed by atoms with E-state index < -0.39 is 0 Å². The second-order valence-corrected chi connectivity index (χ2v) is 6.15. The Morgan fingerprint density at radius 2 is 1.85 bits per heavy atom. The summed E-state index contributed by atoms with van der Waals surface area (Å²) in [4.78, 5) is 0. The van der Waals surface area contributed by atoms with Gasteiger partial charge in [0.05, 0.1) is 12.0 Å². The van der Waals surface area contributed by atoms with Gasteiger partial charge in [0.2, 0.25) is 0 Å². The van der Waals surface area contributed by atoms with Gasteiger partial charge in [0.1, 0.15) is 5.75 Å². The molecular formula is C17H18BrClO. The van der Waals surface area contributed by atoms with Gasteiger partial charge in [-0.2, -0.15) is 0 Å². The lowest BCUT2D eigenvalue weighted by molar-refractivity contribution is 0.340. The van der Waals surface area contributed by atoms with Crippen LogP contribution in [-0.4, -0.2) is 6.61 Å². The monoisotopic (exact) mass is 352 g/mol. The molecule has 0 heterocycles. The number of benzene rings is 2. The lowest BCUT2D eigenvalue weighted by atomic mass is 10.0. The number of rotatable bonds is 5. The van der Waals surface area contributed by atoms with Crippen molar-refractivity contribution in [2.75, 3.05) is 6.61 Å². The van der Waals surface area contributed by atoms with Crippen LogP contribution >= 0.6 is 27.5 Å². The molecule has 3 heteroatoms. The molecule has 0 aliphatic heterocycles. The fourth-order valence-electron chi connectivity index (χ4n) is 2.06. The summed E-state index contributed by atoms with van der Waals surface area (Å²) >= 11 is 10.1. The van der Waals surface area contributed by atoms with Crippen LogP contribution in [0.1, 0.15) is 29.0 Å². The Kier molecular flexibility index (Phi) is 5.50. The molecule has 0 spiro atoms. The molecule has 0 amide bonds. The first-order chi connectivity index (χ1) is 9.60. The molecule has 1 nitrogen and oxygen atoms in total. The molecule has 0 saturated heterocycles. The van der Waals surface area contributed by atoms with Gasteiger partial charge in [-0.3, -0.25) is 0 Å². The highest BCUT2D eigenvalue weighted by Crippen LogP contribution is 2.33. The summed E-state index contributed by atoms with van der Waals surface area (Å²) in [6, 6.07) is 14.5. The highest BCUT2D eigenvalue weighted by molar-refractivity contribution is 9.10. The Hall–Kier alpha value is -0.990. The zero-order valence-corrected chi connectivity index (χ0v) is 14.0. The van der Waals surface area contributed by atoms with E-state index in [0.717, 1.165) is 22.2 Å². The van der Waals surface area contributed by atoms with E-state index in [2.05, 4.69) is 47.1 Å². The number of halogens is 2. The SMILES string of the molecule is CCOc1ccc(C(Cl)Cc2ccc(C)cc2)c(Br)c1. The Balaban J connectivity index is 2.12. The van der Waals surface area contributed by atoms with Crippen LogP contribution in [0.5, 0.6) is 5.75 Å². The largest absolute Gasteiger partial charge is 0.494 e. The summed E-state index contributed by atoms with van der Waals surface area (Å²) in [7, 11) is 0. The Labute approximate surface area is 134 Å². The van der Waals surface area contributed by atoms with Crippen LogP contribution in [0.2, 0.25) is 0 Å². The van der Waals surface area contributed by atoms with Crippen LogP contribution in [0.4, 0.5) is 0 Å². The maximum atomic E-state index is 6.54. The number of aryl methyl sites for hydroxylation is 1. The van der Waals surface area contributed by atoms with Crippen LogP contribution in [0.3, 0.4) is 0 Å². The van der Waals surface area contributed by atoms with Crippen molar-refractivity contribution in [1.29, 1.82) is 0 Å². The third-order valence-corrected chi connectivity index (χ3v) is 4.23. The number of hydrogen-bond donors (Lipinski definition) is 0. The topological polar surface area (TPSA) is 9.23 Å². The van der Waals surface area contributed by atoms with Crippen molar-refractivity contribution in [1.82, 2.24) is 0 Å². The first-order valence-electron chi connectivity index (χ1n) is 6.72. The predicted octanol–water partition coefficient (Wildman–Crippen LogP) is 5.68. The van der Waals surface area contributed by atoms with E-state index in [1.54, 1.807) is 0 Å². The van der Waals surface area contributed by atoms with Gasteiger partial charge in [-0.05, 0) is 43.5 Å². The average Bonchev–Trinajstić information content (AvgIpc) is 2.42. The first-order valence-corrected chi connectivity index (χ1v) is 7.95. The zero-order valence-electron chi connectivity index (χ0n) is 11.7. The summed E-state index contributed by atoms with van der Waals surface area (Å²) in [5.74, 6) is 0.863. The Bertz CT molecular complexity index is 566. The summed E-state index contributed by atoms with van der Waals surface area (Å²) in [5.41, 5.74) is 3.61. The van der Waals surface area contributed by atoms with Crippen molar-refractivity contribution in [3.8, 4) is 5.75 Å². The molecule has 0 radical (unpaired) electrons. The minimum absolute atomic E-state index is 0.0530. The molecule has 1 atom stereocenters. The lowest BCUT2D eigenvalue weighted by Crippen LogP contribution is -1.98. The zero-order chi connectivity index (χ0) is 14.5. The van der Waals surface area contributed by atoms with Gasteiger partial charge in [-0.25, -0.2) is 0 Å². The normalized spacial score (nSPS) is 12.2. The Morgan fingerprint density at radius 1 is 1.15 bits per heavy atom. The van der Waals surface area contributed by atoms with E-state index in [4.69, 9.17) is 16.3 Å². The Morgan fingerprint density at radius 3 is 2.45 bits per heavy atom. The summed E-state index contributed by atoms with van der Waals surface area (Å²) in [5, 5.41) is -0.0530. The number of hydrogen-bond acceptors (Lipinski definition) is 1. The van der Waals surface area contributed by atoms with Crippen molar-refractivity contribution in [2.24, 2.45) is 0 Å². The molecule has 0 aromatic heterocycles. The second kappa shape index (κ2) is 7.14. The summed E-state index contributed by atoms with van der Waals surface area (Å²) in [6.07, 6.45) is 0.814. The first kappa shape index (κ1) is 15.4. The van der Waals surface area contributed by atoms with Gasteiger partial charge in [-0.15, -0.1) is 11.6 Å². The standard InChI is InChI=1S/C17H18BrClO/c1-3-20-14-8-9-15(16(18)11-14)17(19)10-13-6-4-12(2)5-7-13/h4-9,11,17H,3,10H2,1-2H3. The van der Waals surface area contributed by atoms with E-state index in [9.17, 15) is 0 Å². The molecule has 2 aromatic carbocycles. The van der Waals surface area contributed by atoms with Crippen molar-refractivity contribution >= 4 is 27.5 Å². The van der Waals surface area contributed by atoms with Gasteiger partial charge in [0.15, 0.2) is 0 Å².